The largest absolute Gasteiger partial charge is 0.507 e. The highest BCUT2D eigenvalue weighted by Gasteiger charge is 2.37. The summed E-state index contributed by atoms with van der Waals surface area (Å²) >= 11 is 0. The number of hydrogen-bond acceptors (Lipinski definition) is 4. The summed E-state index contributed by atoms with van der Waals surface area (Å²) in [5.41, 5.74) is 3.63. The molecule has 0 saturated heterocycles. The van der Waals surface area contributed by atoms with E-state index in [1.165, 1.54) is 0 Å². The second-order valence-corrected chi connectivity index (χ2v) is 6.61. The third-order valence-corrected chi connectivity index (χ3v) is 4.83. The van der Waals surface area contributed by atoms with Crippen LogP contribution in [0, 0.1) is 13.8 Å². The molecule has 0 aromatic heterocycles. The third kappa shape index (κ3) is 2.87. The minimum absolute atomic E-state index is 0.0952. The predicted molar refractivity (Wildman–Crippen MR) is 100 cm³/mol. The van der Waals surface area contributed by atoms with Crippen LogP contribution < -0.4 is 10.2 Å². The molecule has 0 aliphatic carbocycles. The Labute approximate surface area is 153 Å². The molecule has 6 heteroatoms. The third-order valence-electron chi connectivity index (χ3n) is 4.83. The summed E-state index contributed by atoms with van der Waals surface area (Å²) in [6.07, 6.45) is -0.437. The number of aryl methyl sites for hydroxylation is 2. The second kappa shape index (κ2) is 6.71. The van der Waals surface area contributed by atoms with E-state index in [0.717, 1.165) is 22.4 Å². The molecule has 1 unspecified atom stereocenters. The molecule has 136 valence electrons. The molecule has 1 heterocycles. The highest BCUT2D eigenvalue weighted by Crippen LogP contribution is 2.39. The van der Waals surface area contributed by atoms with E-state index in [4.69, 9.17) is 0 Å². The lowest BCUT2D eigenvalue weighted by atomic mass is 9.98. The van der Waals surface area contributed by atoms with Gasteiger partial charge in [0.2, 0.25) is 5.91 Å². The Morgan fingerprint density at radius 1 is 1.19 bits per heavy atom. The molecule has 2 aromatic carbocycles. The number of hydrogen-bond donors (Lipinski definition) is 2. The van der Waals surface area contributed by atoms with Gasteiger partial charge in [0.1, 0.15) is 11.9 Å². The molecule has 0 bridgehead atoms. The summed E-state index contributed by atoms with van der Waals surface area (Å²) in [5.74, 6) is 0.0127. The van der Waals surface area contributed by atoms with Gasteiger partial charge < -0.3 is 20.2 Å². The summed E-state index contributed by atoms with van der Waals surface area (Å²) < 4.78 is 0. The van der Waals surface area contributed by atoms with Gasteiger partial charge in [-0.1, -0.05) is 12.1 Å². The van der Waals surface area contributed by atoms with Crippen LogP contribution in [-0.4, -0.2) is 42.5 Å². The summed E-state index contributed by atoms with van der Waals surface area (Å²) in [6, 6.07) is 11.0. The van der Waals surface area contributed by atoms with Gasteiger partial charge in [0.15, 0.2) is 0 Å². The molecule has 1 aliphatic heterocycles. The Hall–Kier alpha value is -3.02. The van der Waals surface area contributed by atoms with Crippen LogP contribution in [0.15, 0.2) is 36.4 Å². The molecule has 2 amide bonds. The maximum atomic E-state index is 12.9. The van der Waals surface area contributed by atoms with E-state index in [1.54, 1.807) is 25.1 Å². The lowest BCUT2D eigenvalue weighted by Gasteiger charge is -2.44. The standard InChI is InChI=1S/C20H23N3O3/c1-12-9-14(10-13(2)18(12)25)19-22(4)20(26)15-7-5-6-8-16(15)23(19)11-17(24)21-3/h5-10,19,25H,11H2,1-4H3,(H,21,24). The number of rotatable bonds is 3. The predicted octanol–water partition coefficient (Wildman–Crippen LogP) is 2.35. The van der Waals surface area contributed by atoms with E-state index in [0.29, 0.717) is 5.56 Å². The molecule has 0 radical (unpaired) electrons. The zero-order chi connectivity index (χ0) is 19.0. The normalized spacial score (nSPS) is 16.5. The average molecular weight is 353 g/mol. The first-order valence-corrected chi connectivity index (χ1v) is 8.48. The van der Waals surface area contributed by atoms with Crippen molar-refractivity contribution in [3.8, 4) is 5.75 Å². The topological polar surface area (TPSA) is 72.9 Å². The SMILES string of the molecule is CNC(=O)CN1c2ccccc2C(=O)N(C)C1c1cc(C)c(O)c(C)c1. The molecule has 1 atom stereocenters. The molecule has 6 nitrogen and oxygen atoms in total. The van der Waals surface area contributed by atoms with Gasteiger partial charge in [-0.15, -0.1) is 0 Å². The van der Waals surface area contributed by atoms with Gasteiger partial charge in [0.25, 0.3) is 5.91 Å². The Kier molecular flexibility index (Phi) is 4.59. The Morgan fingerprint density at radius 2 is 1.81 bits per heavy atom. The molecular weight excluding hydrogens is 330 g/mol. The van der Waals surface area contributed by atoms with E-state index in [1.807, 2.05) is 49.1 Å². The van der Waals surface area contributed by atoms with Crippen LogP contribution in [0.3, 0.4) is 0 Å². The van der Waals surface area contributed by atoms with Crippen LogP contribution in [0.2, 0.25) is 0 Å². The quantitative estimate of drug-likeness (QED) is 0.888. The van der Waals surface area contributed by atoms with Crippen LogP contribution >= 0.6 is 0 Å². The van der Waals surface area contributed by atoms with Gasteiger partial charge in [-0.3, -0.25) is 9.59 Å². The fourth-order valence-corrected chi connectivity index (χ4v) is 3.49. The maximum Gasteiger partial charge on any atom is 0.257 e. The van der Waals surface area contributed by atoms with E-state index >= 15 is 0 Å². The van der Waals surface area contributed by atoms with Crippen LogP contribution in [0.25, 0.3) is 0 Å². The summed E-state index contributed by atoms with van der Waals surface area (Å²) in [4.78, 5) is 28.6. The number of nitrogens with one attached hydrogen (secondary N) is 1. The Morgan fingerprint density at radius 3 is 2.42 bits per heavy atom. The number of para-hydroxylation sites is 1. The Bertz CT molecular complexity index is 855. The van der Waals surface area contributed by atoms with Crippen molar-refractivity contribution in [3.05, 3.63) is 58.7 Å². The maximum absolute atomic E-state index is 12.9. The molecule has 1 aliphatic rings. The molecule has 2 N–H and O–H groups in total. The Balaban J connectivity index is 2.18. The monoisotopic (exact) mass is 353 g/mol. The van der Waals surface area contributed by atoms with Crippen molar-refractivity contribution in [1.82, 2.24) is 10.2 Å². The fraction of sp³-hybridized carbons (Fsp3) is 0.300. The van der Waals surface area contributed by atoms with Gasteiger partial charge in [-0.2, -0.15) is 0 Å². The number of anilines is 1. The molecule has 2 aromatic rings. The number of carbonyl (C=O) groups excluding carboxylic acids is 2. The first-order valence-electron chi connectivity index (χ1n) is 8.48. The number of fused-ring (bicyclic) bond motifs is 1. The number of phenols is 1. The van der Waals surface area contributed by atoms with Gasteiger partial charge in [-0.25, -0.2) is 0 Å². The molecule has 0 spiro atoms. The van der Waals surface area contributed by atoms with Crippen molar-refractivity contribution in [2.75, 3.05) is 25.5 Å². The smallest absolute Gasteiger partial charge is 0.257 e. The molecule has 0 saturated carbocycles. The van der Waals surface area contributed by atoms with Gasteiger partial charge in [0.05, 0.1) is 17.8 Å². The zero-order valence-electron chi connectivity index (χ0n) is 15.4. The number of likely N-dealkylation sites (N-methyl/N-ethyl adjacent to an activating group) is 1. The number of phenolic OH excluding ortho intramolecular Hbond substituents is 1. The van der Waals surface area contributed by atoms with Crippen LogP contribution in [0.4, 0.5) is 5.69 Å². The molecular formula is C20H23N3O3. The van der Waals surface area contributed by atoms with Crippen LogP contribution in [0.1, 0.15) is 33.2 Å². The molecule has 0 fully saturated rings. The van der Waals surface area contributed by atoms with Crippen molar-refractivity contribution in [1.29, 1.82) is 0 Å². The van der Waals surface area contributed by atoms with Crippen molar-refractivity contribution < 1.29 is 14.7 Å². The van der Waals surface area contributed by atoms with E-state index < -0.39 is 6.17 Å². The molecule has 26 heavy (non-hydrogen) atoms. The summed E-state index contributed by atoms with van der Waals surface area (Å²) in [6.45, 7) is 3.77. The number of benzene rings is 2. The van der Waals surface area contributed by atoms with E-state index in [9.17, 15) is 14.7 Å². The lowest BCUT2D eigenvalue weighted by molar-refractivity contribution is -0.119. The number of nitrogens with zero attached hydrogens (tertiary/aromatic N) is 2. The van der Waals surface area contributed by atoms with Gasteiger partial charge in [0, 0.05) is 14.1 Å². The van der Waals surface area contributed by atoms with Crippen molar-refractivity contribution in [3.63, 3.8) is 0 Å². The average Bonchev–Trinajstić information content (AvgIpc) is 2.63. The van der Waals surface area contributed by atoms with Crippen molar-refractivity contribution >= 4 is 17.5 Å². The fourth-order valence-electron chi connectivity index (χ4n) is 3.49. The van der Waals surface area contributed by atoms with Gasteiger partial charge >= 0.3 is 0 Å². The van der Waals surface area contributed by atoms with Crippen LogP contribution in [-0.2, 0) is 4.79 Å². The highest BCUT2D eigenvalue weighted by atomic mass is 16.3. The summed E-state index contributed by atoms with van der Waals surface area (Å²) in [5, 5.41) is 12.7. The van der Waals surface area contributed by atoms with E-state index in [-0.39, 0.29) is 24.1 Å². The summed E-state index contributed by atoms with van der Waals surface area (Å²) in [7, 11) is 3.33. The first kappa shape index (κ1) is 17.8. The van der Waals surface area contributed by atoms with Crippen molar-refractivity contribution in [2.24, 2.45) is 0 Å². The molecule has 3 rings (SSSR count). The zero-order valence-corrected chi connectivity index (χ0v) is 15.4. The van der Waals surface area contributed by atoms with Crippen LogP contribution in [0.5, 0.6) is 5.75 Å². The van der Waals surface area contributed by atoms with Gasteiger partial charge in [-0.05, 0) is 54.8 Å². The number of carbonyl (C=O) groups is 2. The van der Waals surface area contributed by atoms with Crippen molar-refractivity contribution in [2.45, 2.75) is 20.0 Å². The number of amides is 2. The first-order chi connectivity index (χ1) is 12.3. The number of aromatic hydroxyl groups is 1. The lowest BCUT2D eigenvalue weighted by Crippen LogP contribution is -2.50. The minimum Gasteiger partial charge on any atom is -0.507 e. The second-order valence-electron chi connectivity index (χ2n) is 6.61. The van der Waals surface area contributed by atoms with E-state index in [2.05, 4.69) is 5.32 Å². The minimum atomic E-state index is -0.437. The highest BCUT2D eigenvalue weighted by molar-refractivity contribution is 6.02.